The molecule has 0 aromatic heterocycles. The van der Waals surface area contributed by atoms with Gasteiger partial charge in [-0.3, -0.25) is 0 Å². The third-order valence-electron chi connectivity index (χ3n) is 2.93. The van der Waals surface area contributed by atoms with Gasteiger partial charge in [0.25, 0.3) is 0 Å². The number of amides is 2. The lowest BCUT2D eigenvalue weighted by atomic mass is 10.0. The number of hydrogen-bond acceptors (Lipinski definition) is 2. The van der Waals surface area contributed by atoms with E-state index in [9.17, 15) is 9.59 Å². The predicted molar refractivity (Wildman–Crippen MR) is 74.5 cm³/mol. The molecule has 2 amide bonds. The first kappa shape index (κ1) is 15.0. The average molecular weight is 264 g/mol. The molecule has 5 nitrogen and oxygen atoms in total. The van der Waals surface area contributed by atoms with Crippen LogP contribution in [-0.4, -0.2) is 23.1 Å². The van der Waals surface area contributed by atoms with Crippen LogP contribution in [0, 0.1) is 5.92 Å². The summed E-state index contributed by atoms with van der Waals surface area (Å²) < 4.78 is 0. The van der Waals surface area contributed by atoms with Crippen LogP contribution in [0.4, 0.5) is 10.5 Å². The molecule has 0 bridgehead atoms. The standard InChI is InChI=1S/C14H20N2O3/c1-4-12(9(2)3)16-14(19)15-11-7-5-6-10(8-11)13(17)18/h5-9,12H,4H2,1-3H3,(H,17,18)(H2,15,16,19). The van der Waals surface area contributed by atoms with E-state index < -0.39 is 5.97 Å². The summed E-state index contributed by atoms with van der Waals surface area (Å²) in [5.41, 5.74) is 0.615. The van der Waals surface area contributed by atoms with Gasteiger partial charge in [-0.25, -0.2) is 9.59 Å². The van der Waals surface area contributed by atoms with Gasteiger partial charge < -0.3 is 15.7 Å². The van der Waals surface area contributed by atoms with E-state index in [1.807, 2.05) is 20.8 Å². The maximum Gasteiger partial charge on any atom is 0.335 e. The molecular formula is C14H20N2O3. The molecule has 0 saturated heterocycles. The summed E-state index contributed by atoms with van der Waals surface area (Å²) in [7, 11) is 0. The van der Waals surface area contributed by atoms with Gasteiger partial charge in [-0.15, -0.1) is 0 Å². The Labute approximate surface area is 113 Å². The minimum Gasteiger partial charge on any atom is -0.478 e. The fraction of sp³-hybridized carbons (Fsp3) is 0.429. The van der Waals surface area contributed by atoms with E-state index >= 15 is 0 Å². The Hall–Kier alpha value is -2.04. The van der Waals surface area contributed by atoms with E-state index in [1.54, 1.807) is 12.1 Å². The van der Waals surface area contributed by atoms with Crippen molar-refractivity contribution in [3.63, 3.8) is 0 Å². The summed E-state index contributed by atoms with van der Waals surface area (Å²) in [5, 5.41) is 14.4. The second-order valence-electron chi connectivity index (χ2n) is 4.74. The van der Waals surface area contributed by atoms with Crippen molar-refractivity contribution in [2.24, 2.45) is 5.92 Å². The van der Waals surface area contributed by atoms with Gasteiger partial charge in [-0.2, -0.15) is 0 Å². The molecule has 1 aromatic carbocycles. The largest absolute Gasteiger partial charge is 0.478 e. The zero-order chi connectivity index (χ0) is 14.4. The Kier molecular flexibility index (Phi) is 5.36. The van der Waals surface area contributed by atoms with Crippen molar-refractivity contribution >= 4 is 17.7 Å². The Balaban J connectivity index is 2.66. The molecule has 1 atom stereocenters. The van der Waals surface area contributed by atoms with E-state index in [2.05, 4.69) is 10.6 Å². The first-order valence-corrected chi connectivity index (χ1v) is 6.35. The highest BCUT2D eigenvalue weighted by molar-refractivity contribution is 5.93. The van der Waals surface area contributed by atoms with Crippen LogP contribution in [0.1, 0.15) is 37.6 Å². The zero-order valence-corrected chi connectivity index (χ0v) is 11.4. The van der Waals surface area contributed by atoms with Crippen LogP contribution in [-0.2, 0) is 0 Å². The van der Waals surface area contributed by atoms with E-state index in [1.165, 1.54) is 12.1 Å². The van der Waals surface area contributed by atoms with Crippen LogP contribution < -0.4 is 10.6 Å². The molecule has 1 unspecified atom stereocenters. The Bertz CT molecular complexity index is 458. The van der Waals surface area contributed by atoms with Gasteiger partial charge in [0.1, 0.15) is 0 Å². The fourth-order valence-corrected chi connectivity index (χ4v) is 1.81. The molecule has 3 N–H and O–H groups in total. The van der Waals surface area contributed by atoms with Crippen LogP contribution in [0.15, 0.2) is 24.3 Å². The molecule has 0 fully saturated rings. The Morgan fingerprint density at radius 2 is 2.00 bits per heavy atom. The minimum atomic E-state index is -1.02. The van der Waals surface area contributed by atoms with E-state index in [0.717, 1.165) is 6.42 Å². The lowest BCUT2D eigenvalue weighted by molar-refractivity contribution is 0.0697. The second kappa shape index (κ2) is 6.78. The van der Waals surface area contributed by atoms with E-state index in [0.29, 0.717) is 11.6 Å². The molecule has 0 aliphatic carbocycles. The van der Waals surface area contributed by atoms with Crippen LogP contribution in [0.2, 0.25) is 0 Å². The van der Waals surface area contributed by atoms with Crippen molar-refractivity contribution in [2.75, 3.05) is 5.32 Å². The lowest BCUT2D eigenvalue weighted by Crippen LogP contribution is -2.40. The van der Waals surface area contributed by atoms with Crippen molar-refractivity contribution in [3.8, 4) is 0 Å². The number of anilines is 1. The highest BCUT2D eigenvalue weighted by Crippen LogP contribution is 2.11. The normalized spacial score (nSPS) is 12.0. The highest BCUT2D eigenvalue weighted by Gasteiger charge is 2.14. The zero-order valence-electron chi connectivity index (χ0n) is 11.4. The number of carboxylic acid groups (broad SMARTS) is 1. The molecule has 1 rings (SSSR count). The van der Waals surface area contributed by atoms with Gasteiger partial charge in [-0.05, 0) is 30.5 Å². The van der Waals surface area contributed by atoms with Crippen molar-refractivity contribution in [2.45, 2.75) is 33.2 Å². The number of carbonyl (C=O) groups excluding carboxylic acids is 1. The molecule has 0 heterocycles. The quantitative estimate of drug-likeness (QED) is 0.765. The third-order valence-corrected chi connectivity index (χ3v) is 2.93. The summed E-state index contributed by atoms with van der Waals surface area (Å²) in [6, 6.07) is 5.94. The van der Waals surface area contributed by atoms with E-state index in [4.69, 9.17) is 5.11 Å². The Morgan fingerprint density at radius 1 is 1.32 bits per heavy atom. The number of benzene rings is 1. The molecule has 1 aromatic rings. The molecule has 104 valence electrons. The predicted octanol–water partition coefficient (Wildman–Crippen LogP) is 2.94. The summed E-state index contributed by atoms with van der Waals surface area (Å²) in [4.78, 5) is 22.6. The first-order chi connectivity index (χ1) is 8.93. The Morgan fingerprint density at radius 3 is 2.53 bits per heavy atom. The summed E-state index contributed by atoms with van der Waals surface area (Å²) in [6.45, 7) is 6.09. The minimum absolute atomic E-state index is 0.0997. The molecule has 0 aliphatic rings. The monoisotopic (exact) mass is 264 g/mol. The van der Waals surface area contributed by atoms with Crippen molar-refractivity contribution in [1.82, 2.24) is 5.32 Å². The lowest BCUT2D eigenvalue weighted by Gasteiger charge is -2.20. The topological polar surface area (TPSA) is 78.4 Å². The van der Waals surface area contributed by atoms with Gasteiger partial charge in [0.15, 0.2) is 0 Å². The molecule has 0 radical (unpaired) electrons. The number of urea groups is 1. The van der Waals surface area contributed by atoms with Gasteiger partial charge in [-0.1, -0.05) is 26.8 Å². The number of nitrogens with one attached hydrogen (secondary N) is 2. The molecule has 5 heteroatoms. The van der Waals surface area contributed by atoms with Crippen LogP contribution in [0.25, 0.3) is 0 Å². The molecule has 0 aliphatic heterocycles. The summed E-state index contributed by atoms with van der Waals surface area (Å²) in [6.07, 6.45) is 0.847. The van der Waals surface area contributed by atoms with E-state index in [-0.39, 0.29) is 17.6 Å². The number of carboxylic acids is 1. The van der Waals surface area contributed by atoms with Gasteiger partial charge in [0, 0.05) is 11.7 Å². The number of hydrogen-bond donors (Lipinski definition) is 3. The number of aromatic carboxylic acids is 1. The number of rotatable bonds is 5. The van der Waals surface area contributed by atoms with Crippen LogP contribution in [0.3, 0.4) is 0 Å². The van der Waals surface area contributed by atoms with Crippen molar-refractivity contribution in [3.05, 3.63) is 29.8 Å². The van der Waals surface area contributed by atoms with Crippen molar-refractivity contribution < 1.29 is 14.7 Å². The van der Waals surface area contributed by atoms with Gasteiger partial charge >= 0.3 is 12.0 Å². The van der Waals surface area contributed by atoms with Crippen LogP contribution in [0.5, 0.6) is 0 Å². The molecule has 0 spiro atoms. The number of carbonyl (C=O) groups is 2. The second-order valence-corrected chi connectivity index (χ2v) is 4.74. The molecule has 0 saturated carbocycles. The van der Waals surface area contributed by atoms with Crippen molar-refractivity contribution in [1.29, 1.82) is 0 Å². The summed E-state index contributed by atoms with van der Waals surface area (Å²) >= 11 is 0. The summed E-state index contributed by atoms with van der Waals surface area (Å²) in [5.74, 6) is -0.668. The maximum absolute atomic E-state index is 11.8. The smallest absolute Gasteiger partial charge is 0.335 e. The average Bonchev–Trinajstić information content (AvgIpc) is 2.35. The SMILES string of the molecule is CCC(NC(=O)Nc1cccc(C(=O)O)c1)C(C)C. The first-order valence-electron chi connectivity index (χ1n) is 6.35. The fourth-order valence-electron chi connectivity index (χ4n) is 1.81. The third kappa shape index (κ3) is 4.62. The highest BCUT2D eigenvalue weighted by atomic mass is 16.4. The molecule has 19 heavy (non-hydrogen) atoms. The van der Waals surface area contributed by atoms with Gasteiger partial charge in [0.2, 0.25) is 0 Å². The molecular weight excluding hydrogens is 244 g/mol. The maximum atomic E-state index is 11.8. The van der Waals surface area contributed by atoms with Crippen LogP contribution >= 0.6 is 0 Å². The van der Waals surface area contributed by atoms with Gasteiger partial charge in [0.05, 0.1) is 5.56 Å².